The van der Waals surface area contributed by atoms with Crippen LogP contribution in [-0.2, 0) is 4.79 Å². The topological polar surface area (TPSA) is 78.4 Å². The maximum absolute atomic E-state index is 11.5. The van der Waals surface area contributed by atoms with Crippen LogP contribution in [0.4, 0.5) is 4.79 Å². The zero-order valence-corrected chi connectivity index (χ0v) is 8.75. The van der Waals surface area contributed by atoms with E-state index in [4.69, 9.17) is 5.11 Å². The van der Waals surface area contributed by atoms with E-state index >= 15 is 0 Å². The minimum Gasteiger partial charge on any atom is -0.480 e. The molecule has 2 fully saturated rings. The minimum atomic E-state index is -0.998. The van der Waals surface area contributed by atoms with Gasteiger partial charge in [0.05, 0.1) is 0 Å². The molecule has 5 nitrogen and oxygen atoms in total. The van der Waals surface area contributed by atoms with Gasteiger partial charge in [0.1, 0.15) is 5.54 Å². The Morgan fingerprint density at radius 1 is 1.40 bits per heavy atom. The van der Waals surface area contributed by atoms with Gasteiger partial charge in [0, 0.05) is 6.04 Å². The molecule has 0 aromatic carbocycles. The Labute approximate surface area is 88.2 Å². The molecule has 0 heterocycles. The van der Waals surface area contributed by atoms with Crippen molar-refractivity contribution in [2.45, 2.75) is 44.2 Å². The molecular formula is C10H16N2O3. The van der Waals surface area contributed by atoms with Crippen LogP contribution in [0.25, 0.3) is 0 Å². The predicted molar refractivity (Wildman–Crippen MR) is 53.5 cm³/mol. The molecule has 0 spiro atoms. The lowest BCUT2D eigenvalue weighted by atomic mass is 9.77. The Hall–Kier alpha value is -1.26. The highest BCUT2D eigenvalue weighted by Gasteiger charge is 2.46. The average molecular weight is 212 g/mol. The summed E-state index contributed by atoms with van der Waals surface area (Å²) in [5, 5.41) is 14.3. The Bertz CT molecular complexity index is 299. The lowest BCUT2D eigenvalue weighted by Gasteiger charge is -2.38. The highest BCUT2D eigenvalue weighted by molar-refractivity contribution is 5.87. The third-order valence-electron chi connectivity index (χ3n) is 3.40. The van der Waals surface area contributed by atoms with Crippen LogP contribution >= 0.6 is 0 Å². The first-order chi connectivity index (χ1) is 7.03. The lowest BCUT2D eigenvalue weighted by Crippen LogP contribution is -2.61. The summed E-state index contributed by atoms with van der Waals surface area (Å²) in [6, 6.07) is -0.109. The molecule has 2 aliphatic carbocycles. The van der Waals surface area contributed by atoms with E-state index in [-0.39, 0.29) is 12.1 Å². The summed E-state index contributed by atoms with van der Waals surface area (Å²) in [5.74, 6) is -0.398. The van der Waals surface area contributed by atoms with Crippen molar-refractivity contribution in [3.8, 4) is 0 Å². The van der Waals surface area contributed by atoms with Crippen molar-refractivity contribution < 1.29 is 14.7 Å². The molecule has 2 unspecified atom stereocenters. The normalized spacial score (nSPS) is 31.3. The third kappa shape index (κ3) is 1.91. The zero-order chi connectivity index (χ0) is 11.1. The largest absolute Gasteiger partial charge is 0.480 e. The Morgan fingerprint density at radius 3 is 2.33 bits per heavy atom. The highest BCUT2D eigenvalue weighted by Crippen LogP contribution is 2.33. The Kier molecular flexibility index (Phi) is 2.32. The van der Waals surface area contributed by atoms with E-state index in [2.05, 4.69) is 17.6 Å². The van der Waals surface area contributed by atoms with Crippen LogP contribution in [-0.4, -0.2) is 28.7 Å². The number of carboxylic acid groups (broad SMARTS) is 1. The molecular weight excluding hydrogens is 196 g/mol. The second-order valence-corrected chi connectivity index (χ2v) is 4.66. The van der Waals surface area contributed by atoms with Crippen LogP contribution < -0.4 is 10.6 Å². The number of amides is 2. The molecule has 2 atom stereocenters. The smallest absolute Gasteiger partial charge is 0.329 e. The summed E-state index contributed by atoms with van der Waals surface area (Å²) in [6.07, 6.45) is 2.94. The number of urea groups is 1. The number of aliphatic carboxylic acids is 1. The quantitative estimate of drug-likeness (QED) is 0.644. The number of nitrogens with one attached hydrogen (secondary N) is 2. The van der Waals surface area contributed by atoms with E-state index in [0.29, 0.717) is 18.8 Å². The van der Waals surface area contributed by atoms with Gasteiger partial charge < -0.3 is 15.7 Å². The molecule has 0 radical (unpaired) electrons. The Balaban J connectivity index is 1.84. The summed E-state index contributed by atoms with van der Waals surface area (Å²) in [7, 11) is 0. The van der Waals surface area contributed by atoms with Gasteiger partial charge in [-0.15, -0.1) is 0 Å². The maximum atomic E-state index is 11.5. The number of carboxylic acids is 1. The van der Waals surface area contributed by atoms with Crippen LogP contribution in [0, 0.1) is 5.92 Å². The molecule has 0 saturated heterocycles. The highest BCUT2D eigenvalue weighted by atomic mass is 16.4. The van der Waals surface area contributed by atoms with Gasteiger partial charge in [-0.3, -0.25) is 0 Å². The molecule has 5 heteroatoms. The molecule has 2 amide bonds. The van der Waals surface area contributed by atoms with Crippen molar-refractivity contribution in [2.24, 2.45) is 5.92 Å². The van der Waals surface area contributed by atoms with Crippen LogP contribution in [0.1, 0.15) is 32.6 Å². The van der Waals surface area contributed by atoms with E-state index in [1.807, 2.05) is 0 Å². The first-order valence-corrected chi connectivity index (χ1v) is 5.35. The number of rotatable bonds is 3. The minimum absolute atomic E-state index is 0.232. The van der Waals surface area contributed by atoms with Gasteiger partial charge in [-0.1, -0.05) is 6.92 Å². The second kappa shape index (κ2) is 3.40. The van der Waals surface area contributed by atoms with Crippen molar-refractivity contribution in [2.75, 3.05) is 0 Å². The summed E-state index contributed by atoms with van der Waals surface area (Å²) in [6.45, 7) is 2.06. The number of hydrogen-bond donors (Lipinski definition) is 3. The lowest BCUT2D eigenvalue weighted by molar-refractivity contribution is -0.148. The standard InChI is InChI=1S/C10H16N2O3/c1-6-5-7(6)11-9(15)12-10(8(13)14)3-2-4-10/h6-7H,2-5H2,1H3,(H,13,14)(H2,11,12,15). The number of hydrogen-bond acceptors (Lipinski definition) is 2. The van der Waals surface area contributed by atoms with Crippen molar-refractivity contribution >= 4 is 12.0 Å². The second-order valence-electron chi connectivity index (χ2n) is 4.66. The van der Waals surface area contributed by atoms with Crippen LogP contribution in [0.15, 0.2) is 0 Å². The summed E-state index contributed by atoms with van der Waals surface area (Å²) < 4.78 is 0. The van der Waals surface area contributed by atoms with Gasteiger partial charge in [0.25, 0.3) is 0 Å². The van der Waals surface area contributed by atoms with Gasteiger partial charge >= 0.3 is 12.0 Å². The molecule has 0 aliphatic heterocycles. The fraction of sp³-hybridized carbons (Fsp3) is 0.800. The van der Waals surface area contributed by atoms with Gasteiger partial charge in [-0.2, -0.15) is 0 Å². The SMILES string of the molecule is CC1CC1NC(=O)NC1(C(=O)O)CCC1. The molecule has 2 aliphatic rings. The maximum Gasteiger partial charge on any atom is 0.329 e. The summed E-state index contributed by atoms with van der Waals surface area (Å²) in [4.78, 5) is 22.4. The van der Waals surface area contributed by atoms with Crippen LogP contribution in [0.2, 0.25) is 0 Å². The zero-order valence-electron chi connectivity index (χ0n) is 8.75. The van der Waals surface area contributed by atoms with Crippen molar-refractivity contribution in [1.82, 2.24) is 10.6 Å². The fourth-order valence-electron chi connectivity index (χ4n) is 1.87. The first-order valence-electron chi connectivity index (χ1n) is 5.35. The van der Waals surface area contributed by atoms with E-state index in [9.17, 15) is 9.59 Å². The molecule has 0 aromatic heterocycles. The molecule has 2 saturated carbocycles. The van der Waals surface area contributed by atoms with Crippen LogP contribution in [0.3, 0.4) is 0 Å². The van der Waals surface area contributed by atoms with E-state index in [1.54, 1.807) is 0 Å². The third-order valence-corrected chi connectivity index (χ3v) is 3.40. The number of carbonyl (C=O) groups excluding carboxylic acids is 1. The number of carbonyl (C=O) groups is 2. The van der Waals surface area contributed by atoms with Crippen molar-refractivity contribution in [3.63, 3.8) is 0 Å². The van der Waals surface area contributed by atoms with Crippen molar-refractivity contribution in [1.29, 1.82) is 0 Å². The molecule has 0 bridgehead atoms. The molecule has 15 heavy (non-hydrogen) atoms. The van der Waals surface area contributed by atoms with Gasteiger partial charge in [0.2, 0.25) is 0 Å². The molecule has 84 valence electrons. The first kappa shape index (κ1) is 10.3. The van der Waals surface area contributed by atoms with E-state index in [0.717, 1.165) is 12.8 Å². The summed E-state index contributed by atoms with van der Waals surface area (Å²) in [5.41, 5.74) is -0.998. The molecule has 2 rings (SSSR count). The molecule has 0 aromatic rings. The van der Waals surface area contributed by atoms with Gasteiger partial charge in [-0.05, 0) is 31.6 Å². The predicted octanol–water partition coefficient (Wildman–Crippen LogP) is 0.701. The molecule has 3 N–H and O–H groups in total. The fourth-order valence-corrected chi connectivity index (χ4v) is 1.87. The van der Waals surface area contributed by atoms with Gasteiger partial charge in [0.15, 0.2) is 0 Å². The van der Waals surface area contributed by atoms with Crippen molar-refractivity contribution in [3.05, 3.63) is 0 Å². The monoisotopic (exact) mass is 212 g/mol. The summed E-state index contributed by atoms with van der Waals surface area (Å²) >= 11 is 0. The van der Waals surface area contributed by atoms with E-state index in [1.165, 1.54) is 0 Å². The van der Waals surface area contributed by atoms with Crippen LogP contribution in [0.5, 0.6) is 0 Å². The average Bonchev–Trinajstić information content (AvgIpc) is 2.73. The van der Waals surface area contributed by atoms with E-state index < -0.39 is 11.5 Å². The van der Waals surface area contributed by atoms with Gasteiger partial charge in [-0.25, -0.2) is 9.59 Å². The Morgan fingerprint density at radius 2 is 2.00 bits per heavy atom.